The number of nitrogens with zero attached hydrogens (tertiary/aromatic N) is 4. The van der Waals surface area contributed by atoms with E-state index in [1.54, 1.807) is 12.5 Å². The second-order valence-corrected chi connectivity index (χ2v) is 7.76. The smallest absolute Gasteiger partial charge is 0.237 e. The van der Waals surface area contributed by atoms with E-state index in [1.165, 1.54) is 18.2 Å². The highest BCUT2D eigenvalue weighted by Gasteiger charge is 2.23. The Morgan fingerprint density at radius 1 is 1.21 bits per heavy atom. The molecule has 0 N–H and O–H groups in total. The van der Waals surface area contributed by atoms with E-state index in [2.05, 4.69) is 16.3 Å². The first-order chi connectivity index (χ1) is 14.3. The van der Waals surface area contributed by atoms with Gasteiger partial charge in [-0.3, -0.25) is 9.36 Å². The number of carbonyl (C=O) groups is 1. The van der Waals surface area contributed by atoms with E-state index in [-0.39, 0.29) is 11.7 Å². The molecule has 0 bridgehead atoms. The molecule has 152 valence electrons. The number of carbonyl (C=O) groups excluding carboxylic acids is 1. The van der Waals surface area contributed by atoms with Crippen LogP contribution in [0.5, 0.6) is 0 Å². The zero-order valence-electron chi connectivity index (χ0n) is 16.4. The van der Waals surface area contributed by atoms with Crippen molar-refractivity contribution in [2.75, 3.05) is 5.75 Å². The lowest BCUT2D eigenvalue weighted by Gasteiger charge is -2.27. The van der Waals surface area contributed by atoms with Crippen molar-refractivity contribution >= 4 is 17.7 Å². The summed E-state index contributed by atoms with van der Waals surface area (Å²) in [7, 11) is 0. The first kappa shape index (κ1) is 19.6. The molecule has 8 heteroatoms. The van der Waals surface area contributed by atoms with E-state index < -0.39 is 0 Å². The Bertz CT molecular complexity index is 960. The van der Waals surface area contributed by atoms with Gasteiger partial charge in [0.25, 0.3) is 0 Å². The highest BCUT2D eigenvalue weighted by molar-refractivity contribution is 7.99. The molecule has 3 aromatic rings. The van der Waals surface area contributed by atoms with Crippen molar-refractivity contribution in [3.05, 3.63) is 54.3 Å². The van der Waals surface area contributed by atoms with Crippen LogP contribution >= 0.6 is 11.8 Å². The largest absolute Gasteiger partial charge is 0.467 e. The standard InChI is InChI=1S/C21H24N4O3S/c1-2-24-20(18-11-7-13-28-18)22-23-21(24)29-15-19(26)25(14-17-10-6-12-27-17)16-8-4-3-5-9-16/h6-8,10-13H,2-5,9,14-15H2,1H3. The van der Waals surface area contributed by atoms with Gasteiger partial charge < -0.3 is 13.7 Å². The van der Waals surface area contributed by atoms with E-state index in [4.69, 9.17) is 8.83 Å². The molecule has 1 aliphatic rings. The summed E-state index contributed by atoms with van der Waals surface area (Å²) in [4.78, 5) is 15.0. The second-order valence-electron chi connectivity index (χ2n) is 6.82. The molecular weight excluding hydrogens is 388 g/mol. The maximum Gasteiger partial charge on any atom is 0.237 e. The van der Waals surface area contributed by atoms with Gasteiger partial charge >= 0.3 is 0 Å². The highest BCUT2D eigenvalue weighted by atomic mass is 32.2. The van der Waals surface area contributed by atoms with Gasteiger partial charge in [0.2, 0.25) is 5.91 Å². The summed E-state index contributed by atoms with van der Waals surface area (Å²) in [6.07, 6.45) is 9.66. The number of thioether (sulfide) groups is 1. The van der Waals surface area contributed by atoms with Crippen LogP contribution in [0, 0.1) is 0 Å². The van der Waals surface area contributed by atoms with Gasteiger partial charge in [-0.1, -0.05) is 17.8 Å². The molecule has 3 heterocycles. The third-order valence-electron chi connectivity index (χ3n) is 4.91. The zero-order chi connectivity index (χ0) is 20.1. The molecule has 0 atom stereocenters. The Morgan fingerprint density at radius 3 is 2.76 bits per heavy atom. The average Bonchev–Trinajstić information content (AvgIpc) is 3.52. The van der Waals surface area contributed by atoms with Crippen LogP contribution in [0.4, 0.5) is 0 Å². The average molecular weight is 413 g/mol. The van der Waals surface area contributed by atoms with Gasteiger partial charge in [-0.05, 0) is 56.9 Å². The lowest BCUT2D eigenvalue weighted by atomic mass is 10.0. The minimum absolute atomic E-state index is 0.0461. The Morgan fingerprint density at radius 2 is 2.07 bits per heavy atom. The second kappa shape index (κ2) is 9.17. The van der Waals surface area contributed by atoms with Crippen molar-refractivity contribution in [1.82, 2.24) is 19.7 Å². The fourth-order valence-corrected chi connectivity index (χ4v) is 4.33. The van der Waals surface area contributed by atoms with Crippen LogP contribution in [0.2, 0.25) is 0 Å². The van der Waals surface area contributed by atoms with Gasteiger partial charge in [0.05, 0.1) is 24.8 Å². The molecule has 0 saturated carbocycles. The van der Waals surface area contributed by atoms with Crippen LogP contribution in [-0.4, -0.2) is 31.3 Å². The molecule has 0 saturated heterocycles. The SMILES string of the molecule is CCn1c(SCC(=O)N(Cc2ccco2)C2=CCCCC2)nnc1-c1ccco1. The number of amides is 1. The maximum absolute atomic E-state index is 13.1. The molecule has 0 spiro atoms. The van der Waals surface area contributed by atoms with Gasteiger partial charge in [0.1, 0.15) is 5.76 Å². The monoisotopic (exact) mass is 412 g/mol. The van der Waals surface area contributed by atoms with Gasteiger partial charge in [0.15, 0.2) is 16.7 Å². The number of hydrogen-bond donors (Lipinski definition) is 0. The van der Waals surface area contributed by atoms with Crippen molar-refractivity contribution < 1.29 is 13.6 Å². The summed E-state index contributed by atoms with van der Waals surface area (Å²) < 4.78 is 12.9. The number of furan rings is 2. The van der Waals surface area contributed by atoms with Gasteiger partial charge in [0, 0.05) is 12.2 Å². The van der Waals surface area contributed by atoms with E-state index >= 15 is 0 Å². The number of hydrogen-bond acceptors (Lipinski definition) is 6. The molecule has 1 aliphatic carbocycles. The highest BCUT2D eigenvalue weighted by Crippen LogP contribution is 2.27. The molecule has 0 unspecified atom stereocenters. The Hall–Kier alpha value is -2.74. The van der Waals surface area contributed by atoms with E-state index in [1.807, 2.05) is 40.7 Å². The lowest BCUT2D eigenvalue weighted by Crippen LogP contribution is -2.32. The number of allylic oxidation sites excluding steroid dienone is 2. The summed E-state index contributed by atoms with van der Waals surface area (Å²) in [5.41, 5.74) is 1.09. The summed E-state index contributed by atoms with van der Waals surface area (Å²) >= 11 is 1.40. The fraction of sp³-hybridized carbons (Fsp3) is 0.381. The van der Waals surface area contributed by atoms with Crippen molar-refractivity contribution in [1.29, 1.82) is 0 Å². The third kappa shape index (κ3) is 4.48. The van der Waals surface area contributed by atoms with Crippen molar-refractivity contribution in [3.63, 3.8) is 0 Å². The summed E-state index contributed by atoms with van der Waals surface area (Å²) in [6.45, 7) is 3.18. The summed E-state index contributed by atoms with van der Waals surface area (Å²) in [5.74, 6) is 2.46. The molecule has 0 aromatic carbocycles. The molecule has 29 heavy (non-hydrogen) atoms. The summed E-state index contributed by atoms with van der Waals surface area (Å²) in [5, 5.41) is 9.24. The Labute approximate surface area is 173 Å². The maximum atomic E-state index is 13.1. The van der Waals surface area contributed by atoms with Crippen molar-refractivity contribution in [3.8, 4) is 11.6 Å². The van der Waals surface area contributed by atoms with Gasteiger partial charge in [-0.2, -0.15) is 0 Å². The van der Waals surface area contributed by atoms with E-state index in [0.29, 0.717) is 29.8 Å². The van der Waals surface area contributed by atoms with Gasteiger partial charge in [-0.15, -0.1) is 10.2 Å². The normalized spacial score (nSPS) is 14.0. The minimum atomic E-state index is 0.0461. The lowest BCUT2D eigenvalue weighted by molar-refractivity contribution is -0.127. The molecule has 0 radical (unpaired) electrons. The third-order valence-corrected chi connectivity index (χ3v) is 5.86. The predicted molar refractivity (Wildman–Crippen MR) is 110 cm³/mol. The predicted octanol–water partition coefficient (Wildman–Crippen LogP) is 4.73. The molecule has 7 nitrogen and oxygen atoms in total. The van der Waals surface area contributed by atoms with Crippen molar-refractivity contribution in [2.45, 2.75) is 50.9 Å². The molecule has 4 rings (SSSR count). The minimum Gasteiger partial charge on any atom is -0.467 e. The topological polar surface area (TPSA) is 77.3 Å². The fourth-order valence-electron chi connectivity index (χ4n) is 3.45. The molecule has 0 fully saturated rings. The van der Waals surface area contributed by atoms with Crippen LogP contribution in [0.1, 0.15) is 38.4 Å². The van der Waals surface area contributed by atoms with E-state index in [0.717, 1.165) is 30.7 Å². The molecule has 3 aromatic heterocycles. The van der Waals surface area contributed by atoms with Crippen LogP contribution in [0.25, 0.3) is 11.6 Å². The van der Waals surface area contributed by atoms with Crippen LogP contribution in [-0.2, 0) is 17.9 Å². The van der Waals surface area contributed by atoms with Gasteiger partial charge in [-0.25, -0.2) is 0 Å². The zero-order valence-corrected chi connectivity index (χ0v) is 17.2. The Kier molecular flexibility index (Phi) is 6.19. The van der Waals surface area contributed by atoms with Crippen molar-refractivity contribution in [2.24, 2.45) is 0 Å². The van der Waals surface area contributed by atoms with Crippen LogP contribution in [0.3, 0.4) is 0 Å². The number of aromatic nitrogens is 3. The summed E-state index contributed by atoms with van der Waals surface area (Å²) in [6, 6.07) is 7.43. The Balaban J connectivity index is 1.48. The van der Waals surface area contributed by atoms with Crippen LogP contribution < -0.4 is 0 Å². The van der Waals surface area contributed by atoms with E-state index in [9.17, 15) is 4.79 Å². The first-order valence-electron chi connectivity index (χ1n) is 9.88. The molecule has 1 amide bonds. The molecular formula is C21H24N4O3S. The first-order valence-corrected chi connectivity index (χ1v) is 10.9. The quantitative estimate of drug-likeness (QED) is 0.498. The van der Waals surface area contributed by atoms with Crippen LogP contribution in [0.15, 0.2) is 62.6 Å². The number of rotatable bonds is 8. The molecule has 0 aliphatic heterocycles.